The molecule has 0 atom stereocenters. The molecule has 0 aromatic heterocycles. The topological polar surface area (TPSA) is 55.4 Å². The first kappa shape index (κ1) is 18.0. The lowest BCUT2D eigenvalue weighted by atomic mass is 10.1. The smallest absolute Gasteiger partial charge is 0.155 e. The van der Waals surface area contributed by atoms with Crippen LogP contribution in [0, 0.1) is 13.8 Å². The van der Waals surface area contributed by atoms with Crippen LogP contribution in [-0.4, -0.2) is 32.6 Å². The van der Waals surface area contributed by atoms with Crippen LogP contribution in [0.5, 0.6) is 5.75 Å². The molecule has 21 heavy (non-hydrogen) atoms. The minimum atomic E-state index is -3.05. The molecule has 0 amide bonds. The third kappa shape index (κ3) is 5.32. The van der Waals surface area contributed by atoms with E-state index in [4.69, 9.17) is 4.74 Å². The molecule has 0 aliphatic heterocycles. The summed E-state index contributed by atoms with van der Waals surface area (Å²) in [6, 6.07) is 4.17. The molecule has 0 saturated heterocycles. The second kappa shape index (κ2) is 7.80. The van der Waals surface area contributed by atoms with E-state index in [1.165, 1.54) is 5.56 Å². The van der Waals surface area contributed by atoms with E-state index < -0.39 is 9.84 Å². The van der Waals surface area contributed by atoms with E-state index in [2.05, 4.69) is 24.4 Å². The van der Waals surface area contributed by atoms with Crippen molar-refractivity contribution in [2.24, 2.45) is 0 Å². The predicted octanol–water partition coefficient (Wildman–Crippen LogP) is 2.61. The predicted molar refractivity (Wildman–Crippen MR) is 87.7 cm³/mol. The average Bonchev–Trinajstić information content (AvgIpc) is 2.39. The van der Waals surface area contributed by atoms with E-state index in [-0.39, 0.29) is 17.6 Å². The highest BCUT2D eigenvalue weighted by Gasteiger charge is 2.16. The zero-order valence-electron chi connectivity index (χ0n) is 13.7. The molecule has 120 valence electrons. The minimum Gasteiger partial charge on any atom is -0.492 e. The normalized spacial score (nSPS) is 11.9. The number of benzene rings is 1. The summed E-state index contributed by atoms with van der Waals surface area (Å²) in [6.45, 7) is 11.4. The number of sulfone groups is 1. The number of ether oxygens (including phenoxy) is 1. The summed E-state index contributed by atoms with van der Waals surface area (Å²) >= 11 is 0. The quantitative estimate of drug-likeness (QED) is 0.801. The van der Waals surface area contributed by atoms with E-state index in [1.54, 1.807) is 13.8 Å². The lowest BCUT2D eigenvalue weighted by molar-refractivity contribution is 0.335. The van der Waals surface area contributed by atoms with Crippen LogP contribution in [0.25, 0.3) is 0 Å². The third-order valence-corrected chi connectivity index (χ3v) is 5.60. The zero-order valence-corrected chi connectivity index (χ0v) is 14.5. The molecule has 0 saturated carbocycles. The van der Waals surface area contributed by atoms with Crippen LogP contribution in [0.4, 0.5) is 0 Å². The van der Waals surface area contributed by atoms with Crippen molar-refractivity contribution in [3.8, 4) is 5.75 Å². The van der Waals surface area contributed by atoms with Crippen LogP contribution in [-0.2, 0) is 16.4 Å². The van der Waals surface area contributed by atoms with Crippen LogP contribution >= 0.6 is 0 Å². The lowest BCUT2D eigenvalue weighted by Crippen LogP contribution is -2.22. The van der Waals surface area contributed by atoms with Gasteiger partial charge in [0.1, 0.15) is 12.4 Å². The number of hydrogen-bond acceptors (Lipinski definition) is 4. The van der Waals surface area contributed by atoms with E-state index in [9.17, 15) is 8.42 Å². The van der Waals surface area contributed by atoms with Crippen molar-refractivity contribution in [1.82, 2.24) is 5.32 Å². The molecule has 1 N–H and O–H groups in total. The Morgan fingerprint density at radius 2 is 1.76 bits per heavy atom. The van der Waals surface area contributed by atoms with E-state index in [0.29, 0.717) is 0 Å². The Kier molecular flexibility index (Phi) is 6.68. The maximum atomic E-state index is 11.8. The van der Waals surface area contributed by atoms with Crippen LogP contribution in [0.15, 0.2) is 12.1 Å². The summed E-state index contributed by atoms with van der Waals surface area (Å²) in [6.07, 6.45) is 0. The summed E-state index contributed by atoms with van der Waals surface area (Å²) in [5, 5.41) is 2.94. The number of aryl methyl sites for hydroxylation is 2. The molecular weight excluding hydrogens is 286 g/mol. The first-order valence-corrected chi connectivity index (χ1v) is 9.14. The highest BCUT2D eigenvalue weighted by molar-refractivity contribution is 7.91. The van der Waals surface area contributed by atoms with Crippen LogP contribution in [0.1, 0.15) is 37.5 Å². The first-order chi connectivity index (χ1) is 9.77. The second-order valence-corrected chi connectivity index (χ2v) is 8.28. The molecule has 1 aromatic rings. The molecule has 0 aliphatic rings. The van der Waals surface area contributed by atoms with Crippen molar-refractivity contribution in [3.63, 3.8) is 0 Å². The molecule has 0 radical (unpaired) electrons. The van der Waals surface area contributed by atoms with Gasteiger partial charge in [-0.2, -0.15) is 0 Å². The zero-order chi connectivity index (χ0) is 16.0. The molecule has 1 rings (SSSR count). The fraction of sp³-hybridized carbons (Fsp3) is 0.625. The SMILES string of the molecule is CCNCc1cc(C)c(OCCS(=O)(=O)C(C)C)c(C)c1. The monoisotopic (exact) mass is 313 g/mol. The van der Waals surface area contributed by atoms with Crippen LogP contribution in [0.3, 0.4) is 0 Å². The summed E-state index contributed by atoms with van der Waals surface area (Å²) in [4.78, 5) is 0. The summed E-state index contributed by atoms with van der Waals surface area (Å²) in [5.41, 5.74) is 3.31. The van der Waals surface area contributed by atoms with E-state index >= 15 is 0 Å². The van der Waals surface area contributed by atoms with Gasteiger partial charge in [-0.15, -0.1) is 0 Å². The average molecular weight is 313 g/mol. The van der Waals surface area contributed by atoms with Gasteiger partial charge in [0.05, 0.1) is 11.0 Å². The molecule has 1 aromatic carbocycles. The molecule has 0 bridgehead atoms. The number of nitrogens with one attached hydrogen (secondary N) is 1. The summed E-state index contributed by atoms with van der Waals surface area (Å²) < 4.78 is 29.3. The summed E-state index contributed by atoms with van der Waals surface area (Å²) in [5.74, 6) is 0.858. The maximum absolute atomic E-state index is 11.8. The summed E-state index contributed by atoms with van der Waals surface area (Å²) in [7, 11) is -3.05. The highest BCUT2D eigenvalue weighted by atomic mass is 32.2. The van der Waals surface area contributed by atoms with Gasteiger partial charge in [-0.25, -0.2) is 8.42 Å². The van der Waals surface area contributed by atoms with Crippen molar-refractivity contribution < 1.29 is 13.2 Å². The van der Waals surface area contributed by atoms with Gasteiger partial charge in [-0.05, 0) is 50.9 Å². The van der Waals surface area contributed by atoms with Gasteiger partial charge < -0.3 is 10.1 Å². The first-order valence-electron chi connectivity index (χ1n) is 7.43. The largest absolute Gasteiger partial charge is 0.492 e. The molecule has 5 heteroatoms. The van der Waals surface area contributed by atoms with Gasteiger partial charge in [0, 0.05) is 6.54 Å². The molecule has 0 spiro atoms. The molecular formula is C16H27NO3S. The van der Waals surface area contributed by atoms with Crippen molar-refractivity contribution in [2.75, 3.05) is 18.9 Å². The molecule has 0 unspecified atom stereocenters. The van der Waals surface area contributed by atoms with Crippen molar-refractivity contribution in [1.29, 1.82) is 0 Å². The van der Waals surface area contributed by atoms with Crippen LogP contribution in [0.2, 0.25) is 0 Å². The fourth-order valence-electron chi connectivity index (χ4n) is 2.13. The standard InChI is InChI=1S/C16H27NO3S/c1-6-17-11-15-9-13(4)16(14(5)10-15)20-7-8-21(18,19)12(2)3/h9-10,12,17H,6-8,11H2,1-5H3. The van der Waals surface area contributed by atoms with Crippen molar-refractivity contribution in [2.45, 2.75) is 46.4 Å². The Morgan fingerprint density at radius 1 is 1.19 bits per heavy atom. The Morgan fingerprint density at radius 3 is 2.24 bits per heavy atom. The molecule has 0 fully saturated rings. The third-order valence-electron chi connectivity index (χ3n) is 3.43. The molecule has 0 heterocycles. The molecule has 0 aliphatic carbocycles. The Labute approximate surface area is 128 Å². The second-order valence-electron chi connectivity index (χ2n) is 5.60. The van der Waals surface area contributed by atoms with Gasteiger partial charge >= 0.3 is 0 Å². The van der Waals surface area contributed by atoms with E-state index in [1.807, 2.05) is 13.8 Å². The molecule has 4 nitrogen and oxygen atoms in total. The number of rotatable bonds is 8. The van der Waals surface area contributed by atoms with Crippen LogP contribution < -0.4 is 10.1 Å². The maximum Gasteiger partial charge on any atom is 0.155 e. The Bertz CT molecular complexity index is 542. The van der Waals surface area contributed by atoms with Gasteiger partial charge in [-0.3, -0.25) is 0 Å². The Hall–Kier alpha value is -1.07. The van der Waals surface area contributed by atoms with Gasteiger partial charge in [0.15, 0.2) is 9.84 Å². The minimum absolute atomic E-state index is 0.0582. The van der Waals surface area contributed by atoms with Gasteiger partial charge in [0.2, 0.25) is 0 Å². The van der Waals surface area contributed by atoms with Gasteiger partial charge in [0.25, 0.3) is 0 Å². The van der Waals surface area contributed by atoms with Crippen molar-refractivity contribution >= 4 is 9.84 Å². The fourth-order valence-corrected chi connectivity index (χ4v) is 2.92. The number of hydrogen-bond donors (Lipinski definition) is 1. The van der Waals surface area contributed by atoms with Gasteiger partial charge in [-0.1, -0.05) is 19.1 Å². The lowest BCUT2D eigenvalue weighted by Gasteiger charge is -2.15. The highest BCUT2D eigenvalue weighted by Crippen LogP contribution is 2.25. The van der Waals surface area contributed by atoms with Crippen molar-refractivity contribution in [3.05, 3.63) is 28.8 Å². The Balaban J connectivity index is 2.72. The van der Waals surface area contributed by atoms with E-state index in [0.717, 1.165) is 30.0 Å².